The van der Waals surface area contributed by atoms with Crippen LogP contribution in [0.1, 0.15) is 40.0 Å². The number of rotatable bonds is 5. The highest BCUT2D eigenvalue weighted by Crippen LogP contribution is 2.70. The van der Waals surface area contributed by atoms with Crippen LogP contribution in [0.5, 0.6) is 0 Å². The Kier molecular flexibility index (Phi) is 4.54. The van der Waals surface area contributed by atoms with E-state index in [0.29, 0.717) is 17.1 Å². The van der Waals surface area contributed by atoms with Gasteiger partial charge in [0.15, 0.2) is 0 Å². The van der Waals surface area contributed by atoms with Gasteiger partial charge >= 0.3 is 12.0 Å². The molecule has 3 fully saturated rings. The zero-order valence-corrected chi connectivity index (χ0v) is 16.3. The number of fused-ring (bicyclic) bond motifs is 1. The number of hydrogen-bond acceptors (Lipinski definition) is 8. The maximum Gasteiger partial charge on any atom is 0.385 e. The van der Waals surface area contributed by atoms with Crippen LogP contribution in [0.25, 0.3) is 0 Å². The fourth-order valence-corrected chi connectivity index (χ4v) is 7.96. The summed E-state index contributed by atoms with van der Waals surface area (Å²) in [6.07, 6.45) is -0.450. The molecule has 0 aromatic rings. The predicted octanol–water partition coefficient (Wildman–Crippen LogP) is -0.0774. The van der Waals surface area contributed by atoms with Gasteiger partial charge in [0.25, 0.3) is 5.91 Å². The van der Waals surface area contributed by atoms with Crippen LogP contribution < -0.4 is 0 Å². The van der Waals surface area contributed by atoms with Crippen molar-refractivity contribution in [3.63, 3.8) is 0 Å². The number of nitro groups is 1. The van der Waals surface area contributed by atoms with Crippen molar-refractivity contribution in [1.82, 2.24) is 4.31 Å². The second-order valence-corrected chi connectivity index (χ2v) is 10.0. The molecule has 3 rings (SSSR count). The number of sulfonamides is 1. The van der Waals surface area contributed by atoms with Crippen molar-refractivity contribution in [1.29, 1.82) is 0 Å². The first kappa shape index (κ1) is 20.0. The normalized spacial score (nSPS) is 34.7. The third-order valence-corrected chi connectivity index (χ3v) is 8.85. The van der Waals surface area contributed by atoms with E-state index in [9.17, 15) is 33.2 Å². The molecule has 11 heteroatoms. The van der Waals surface area contributed by atoms with Crippen LogP contribution in [0.4, 0.5) is 0 Å². The lowest BCUT2D eigenvalue weighted by Crippen LogP contribution is -2.54. The minimum Gasteiger partial charge on any atom is -0.461 e. The van der Waals surface area contributed by atoms with Gasteiger partial charge < -0.3 is 9.84 Å². The number of amides is 1. The zero-order valence-electron chi connectivity index (χ0n) is 15.5. The van der Waals surface area contributed by atoms with Crippen LogP contribution in [0.2, 0.25) is 0 Å². The van der Waals surface area contributed by atoms with Crippen molar-refractivity contribution in [2.24, 2.45) is 16.7 Å². The van der Waals surface area contributed by atoms with Gasteiger partial charge in [0.05, 0.1) is 18.4 Å². The molecule has 27 heavy (non-hydrogen) atoms. The Morgan fingerprint density at radius 2 is 2.04 bits per heavy atom. The summed E-state index contributed by atoms with van der Waals surface area (Å²) in [6, 6.07) is -3.01. The molecule has 1 heterocycles. The maximum atomic E-state index is 12.8. The van der Waals surface area contributed by atoms with E-state index in [1.165, 1.54) is 6.92 Å². The Morgan fingerprint density at radius 1 is 1.41 bits per heavy atom. The van der Waals surface area contributed by atoms with Crippen LogP contribution in [-0.4, -0.2) is 65.2 Å². The lowest BCUT2D eigenvalue weighted by atomic mass is 9.69. The van der Waals surface area contributed by atoms with E-state index >= 15 is 0 Å². The monoisotopic (exact) mass is 404 g/mol. The van der Waals surface area contributed by atoms with E-state index in [1.807, 2.05) is 13.8 Å². The fourth-order valence-electron chi connectivity index (χ4n) is 5.40. The van der Waals surface area contributed by atoms with E-state index in [1.54, 1.807) is 0 Å². The van der Waals surface area contributed by atoms with Crippen molar-refractivity contribution in [2.75, 3.05) is 12.4 Å². The van der Waals surface area contributed by atoms with Gasteiger partial charge in [0.1, 0.15) is 0 Å². The summed E-state index contributed by atoms with van der Waals surface area (Å²) >= 11 is 0. The molecular weight excluding hydrogens is 380 g/mol. The Morgan fingerprint density at radius 3 is 2.56 bits per heavy atom. The molecule has 2 aliphatic carbocycles. The molecule has 1 N–H and O–H groups in total. The van der Waals surface area contributed by atoms with Gasteiger partial charge in [0, 0.05) is 10.3 Å². The quantitative estimate of drug-likeness (QED) is 0.381. The Bertz CT molecular complexity index is 794. The molecule has 2 bridgehead atoms. The molecule has 1 aliphatic heterocycles. The average molecular weight is 404 g/mol. The van der Waals surface area contributed by atoms with Gasteiger partial charge in [-0.1, -0.05) is 13.8 Å². The summed E-state index contributed by atoms with van der Waals surface area (Å²) in [5.41, 5.74) is -0.922. The van der Waals surface area contributed by atoms with Crippen molar-refractivity contribution in [2.45, 2.75) is 58.2 Å². The second-order valence-electron chi connectivity index (χ2n) is 8.18. The van der Waals surface area contributed by atoms with Gasteiger partial charge in [-0.2, -0.15) is 0 Å². The van der Waals surface area contributed by atoms with Gasteiger partial charge in [-0.15, -0.1) is 0 Å². The Hall–Kier alpha value is -1.75. The smallest absolute Gasteiger partial charge is 0.385 e. The summed E-state index contributed by atoms with van der Waals surface area (Å²) in [5.74, 6) is -2.69. The van der Waals surface area contributed by atoms with Crippen molar-refractivity contribution in [3.8, 4) is 0 Å². The molecule has 5 atom stereocenters. The Labute approximate surface area is 157 Å². The molecule has 2 unspecified atom stereocenters. The van der Waals surface area contributed by atoms with Crippen LogP contribution in [-0.2, 0) is 24.3 Å². The standard InChI is InChI=1S/C16H24N2O8S/c1-4-26-14(21)11(18(22)23)12(19)13(20)17-10-7-9-5-6-16(10,15(9,2)3)8-27(17,24)25/h9-12,19H,4-8H2,1-3H3/t9?,10-,11-,12+,16?/m1/s1. The van der Waals surface area contributed by atoms with Crippen LogP contribution in [0, 0.1) is 26.9 Å². The first-order chi connectivity index (χ1) is 12.4. The number of nitrogens with zero attached hydrogens (tertiary/aromatic N) is 2. The number of aliphatic hydroxyl groups is 1. The van der Waals surface area contributed by atoms with Gasteiger partial charge in [-0.05, 0) is 37.5 Å². The molecule has 3 aliphatic rings. The minimum absolute atomic E-state index is 0.173. The summed E-state index contributed by atoms with van der Waals surface area (Å²) in [5, 5.41) is 21.5. The van der Waals surface area contributed by atoms with Crippen LogP contribution in [0.15, 0.2) is 0 Å². The maximum absolute atomic E-state index is 12.8. The third kappa shape index (κ3) is 2.58. The van der Waals surface area contributed by atoms with Gasteiger partial charge in [-0.25, -0.2) is 17.5 Å². The lowest BCUT2D eigenvalue weighted by molar-refractivity contribution is -0.519. The SMILES string of the molecule is CCOC(=O)[C@@H]([C@H](O)C(=O)N1[C@@H]2CC3CCC2(CS1(=O)=O)C3(C)C)[N+](=O)[O-]. The highest BCUT2D eigenvalue weighted by Gasteiger charge is 2.73. The molecule has 1 spiro atoms. The molecular formula is C16H24N2O8S. The first-order valence-corrected chi connectivity index (χ1v) is 10.6. The van der Waals surface area contributed by atoms with E-state index in [0.717, 1.165) is 6.42 Å². The molecule has 0 aromatic heterocycles. The predicted molar refractivity (Wildman–Crippen MR) is 91.4 cm³/mol. The number of aliphatic hydroxyl groups excluding tert-OH is 1. The highest BCUT2D eigenvalue weighted by atomic mass is 32.2. The molecule has 2 saturated carbocycles. The molecule has 10 nitrogen and oxygen atoms in total. The van der Waals surface area contributed by atoms with Gasteiger partial charge in [-0.3, -0.25) is 14.9 Å². The van der Waals surface area contributed by atoms with E-state index in [4.69, 9.17) is 0 Å². The summed E-state index contributed by atoms with van der Waals surface area (Å²) in [4.78, 5) is 34.7. The third-order valence-electron chi connectivity index (χ3n) is 6.94. The molecule has 1 saturated heterocycles. The van der Waals surface area contributed by atoms with E-state index < -0.39 is 50.4 Å². The van der Waals surface area contributed by atoms with Crippen LogP contribution in [0.3, 0.4) is 0 Å². The van der Waals surface area contributed by atoms with E-state index in [2.05, 4.69) is 4.74 Å². The molecule has 0 aromatic carbocycles. The summed E-state index contributed by atoms with van der Waals surface area (Å²) < 4.78 is 30.8. The van der Waals surface area contributed by atoms with Gasteiger partial charge in [0.2, 0.25) is 16.1 Å². The fraction of sp³-hybridized carbons (Fsp3) is 0.875. The van der Waals surface area contributed by atoms with Crippen molar-refractivity contribution < 1.29 is 32.8 Å². The largest absolute Gasteiger partial charge is 0.461 e. The lowest BCUT2D eigenvalue weighted by Gasteiger charge is -2.37. The first-order valence-electron chi connectivity index (χ1n) is 8.95. The minimum atomic E-state index is -4.05. The number of esters is 1. The summed E-state index contributed by atoms with van der Waals surface area (Å²) in [7, 11) is -4.05. The molecule has 1 amide bonds. The topological polar surface area (TPSA) is 144 Å². The highest BCUT2D eigenvalue weighted by molar-refractivity contribution is 7.90. The number of carbonyl (C=O) groups excluding carboxylic acids is 2. The van der Waals surface area contributed by atoms with Crippen LogP contribution >= 0.6 is 0 Å². The van der Waals surface area contributed by atoms with Crippen molar-refractivity contribution in [3.05, 3.63) is 10.1 Å². The Balaban J connectivity index is 1.95. The number of carbonyl (C=O) groups is 2. The zero-order chi connectivity index (χ0) is 20.4. The molecule has 152 valence electrons. The van der Waals surface area contributed by atoms with E-state index in [-0.39, 0.29) is 23.7 Å². The summed E-state index contributed by atoms with van der Waals surface area (Å²) in [6.45, 7) is 5.23. The number of hydrogen-bond donors (Lipinski definition) is 1. The number of ether oxygens (including phenoxy) is 1. The molecule has 0 radical (unpaired) electrons. The second kappa shape index (κ2) is 6.13. The van der Waals surface area contributed by atoms with Crippen molar-refractivity contribution >= 4 is 21.9 Å². The average Bonchev–Trinajstić information content (AvgIpc) is 3.01.